The molecule has 0 aliphatic rings. The molecule has 2 aromatic heterocycles. The van der Waals surface area contributed by atoms with Crippen LogP contribution in [0.5, 0.6) is 11.5 Å². The van der Waals surface area contributed by atoms with Crippen LogP contribution in [-0.2, 0) is 4.74 Å². The Hall–Kier alpha value is -3.73. The third-order valence-corrected chi connectivity index (χ3v) is 4.97. The molecule has 10 nitrogen and oxygen atoms in total. The molecule has 1 amide bonds. The molecule has 0 aliphatic carbocycles. The van der Waals surface area contributed by atoms with Crippen LogP contribution in [0.3, 0.4) is 0 Å². The lowest BCUT2D eigenvalue weighted by molar-refractivity contribution is 0.0531. The summed E-state index contributed by atoms with van der Waals surface area (Å²) in [7, 11) is 1.43. The highest BCUT2D eigenvalue weighted by molar-refractivity contribution is 7.17. The number of nitrogens with one attached hydrogen (secondary N) is 1. The molecule has 3 aromatic rings. The van der Waals surface area contributed by atoms with Crippen LogP contribution in [0.2, 0.25) is 0 Å². The van der Waals surface area contributed by atoms with Gasteiger partial charge in [0.2, 0.25) is 0 Å². The Kier molecular flexibility index (Phi) is 6.11. The number of carbonyl (C=O) groups excluding carboxylic acids is 2. The number of methoxy groups -OCH3 is 1. The van der Waals surface area contributed by atoms with Gasteiger partial charge >= 0.3 is 5.97 Å². The van der Waals surface area contributed by atoms with Gasteiger partial charge in [-0.15, -0.1) is 0 Å². The number of carbonyl (C=O) groups is 2. The number of benzene rings is 1. The molecule has 0 radical (unpaired) electrons. The van der Waals surface area contributed by atoms with E-state index in [1.165, 1.54) is 7.11 Å². The summed E-state index contributed by atoms with van der Waals surface area (Å²) < 4.78 is 11.1. The third kappa shape index (κ3) is 4.15. The van der Waals surface area contributed by atoms with Crippen molar-refractivity contribution in [3.8, 4) is 17.2 Å². The number of para-hydroxylation sites is 2. The van der Waals surface area contributed by atoms with E-state index in [1.807, 2.05) is 0 Å². The van der Waals surface area contributed by atoms with E-state index >= 15 is 0 Å². The minimum atomic E-state index is -0.805. The van der Waals surface area contributed by atoms with E-state index in [0.717, 1.165) is 22.1 Å². The molecular formula is C19H18N4O6S. The lowest BCUT2D eigenvalue weighted by Crippen LogP contribution is -2.25. The van der Waals surface area contributed by atoms with Crippen molar-refractivity contribution >= 4 is 28.3 Å². The van der Waals surface area contributed by atoms with Crippen molar-refractivity contribution in [3.63, 3.8) is 0 Å². The van der Waals surface area contributed by atoms with Gasteiger partial charge in [0.1, 0.15) is 16.3 Å². The fourth-order valence-electron chi connectivity index (χ4n) is 2.58. The maximum absolute atomic E-state index is 12.7. The van der Waals surface area contributed by atoms with Gasteiger partial charge < -0.3 is 14.6 Å². The second-order valence-corrected chi connectivity index (χ2v) is 6.91. The van der Waals surface area contributed by atoms with Crippen molar-refractivity contribution in [2.24, 2.45) is 0 Å². The quantitative estimate of drug-likeness (QED) is 0.569. The number of thiazole rings is 1. The molecule has 0 saturated heterocycles. The molecule has 30 heavy (non-hydrogen) atoms. The molecule has 0 atom stereocenters. The summed E-state index contributed by atoms with van der Waals surface area (Å²) in [5, 5.41) is 16.7. The van der Waals surface area contributed by atoms with Gasteiger partial charge in [0, 0.05) is 6.07 Å². The van der Waals surface area contributed by atoms with Gasteiger partial charge in [-0.3, -0.25) is 14.9 Å². The highest BCUT2D eigenvalue weighted by Crippen LogP contribution is 2.25. The first-order valence-electron chi connectivity index (χ1n) is 8.78. The van der Waals surface area contributed by atoms with Crippen LogP contribution < -0.4 is 15.6 Å². The van der Waals surface area contributed by atoms with Crippen molar-refractivity contribution in [3.05, 3.63) is 57.0 Å². The topological polar surface area (TPSA) is 133 Å². The zero-order valence-electron chi connectivity index (χ0n) is 16.3. The van der Waals surface area contributed by atoms with Crippen molar-refractivity contribution in [2.75, 3.05) is 19.0 Å². The normalized spacial score (nSPS) is 10.5. The summed E-state index contributed by atoms with van der Waals surface area (Å²) in [6.45, 7) is 3.50. The first kappa shape index (κ1) is 21.0. The second-order valence-electron chi connectivity index (χ2n) is 5.91. The van der Waals surface area contributed by atoms with Crippen molar-refractivity contribution in [1.29, 1.82) is 0 Å². The molecule has 2 heterocycles. The first-order chi connectivity index (χ1) is 14.3. The Morgan fingerprint density at radius 3 is 2.73 bits per heavy atom. The van der Waals surface area contributed by atoms with E-state index in [4.69, 9.17) is 9.47 Å². The summed E-state index contributed by atoms with van der Waals surface area (Å²) in [4.78, 5) is 41.3. The molecule has 0 aliphatic heterocycles. The van der Waals surface area contributed by atoms with Gasteiger partial charge in [0.05, 0.1) is 19.4 Å². The van der Waals surface area contributed by atoms with E-state index in [1.54, 1.807) is 38.1 Å². The summed E-state index contributed by atoms with van der Waals surface area (Å²) in [5.74, 6) is -1.58. The minimum absolute atomic E-state index is 0.122. The Morgan fingerprint density at radius 1 is 1.30 bits per heavy atom. The molecule has 0 spiro atoms. The van der Waals surface area contributed by atoms with Gasteiger partial charge in [0.25, 0.3) is 11.5 Å². The van der Waals surface area contributed by atoms with E-state index in [9.17, 15) is 19.5 Å². The maximum Gasteiger partial charge on any atom is 0.350 e. The number of hydrogen-bond donors (Lipinski definition) is 2. The lowest BCUT2D eigenvalue weighted by atomic mass is 10.3. The summed E-state index contributed by atoms with van der Waals surface area (Å²) >= 11 is 0.931. The SMILES string of the molecule is CCOC(=O)c1sc(NC(=O)c2nn(-c3ccccc3OC)c(=O)cc2O)nc1C. The summed E-state index contributed by atoms with van der Waals surface area (Å²) in [6, 6.07) is 7.49. The Morgan fingerprint density at radius 2 is 2.03 bits per heavy atom. The number of esters is 1. The molecule has 3 rings (SSSR count). The van der Waals surface area contributed by atoms with Gasteiger partial charge in [-0.05, 0) is 26.0 Å². The fourth-order valence-corrected chi connectivity index (χ4v) is 3.43. The van der Waals surface area contributed by atoms with Crippen LogP contribution in [0.4, 0.5) is 5.13 Å². The Balaban J connectivity index is 1.95. The van der Waals surface area contributed by atoms with Crippen LogP contribution in [0.25, 0.3) is 5.69 Å². The molecule has 0 bridgehead atoms. The summed E-state index contributed by atoms with van der Waals surface area (Å²) in [6.07, 6.45) is 0. The number of aromatic hydroxyl groups is 1. The van der Waals surface area contributed by atoms with E-state index in [0.29, 0.717) is 17.1 Å². The molecule has 156 valence electrons. The number of hydrogen-bond acceptors (Lipinski definition) is 9. The van der Waals surface area contributed by atoms with Crippen molar-refractivity contribution < 1.29 is 24.2 Å². The zero-order chi connectivity index (χ0) is 21.8. The number of amides is 1. The molecule has 2 N–H and O–H groups in total. The Labute approximate surface area is 174 Å². The van der Waals surface area contributed by atoms with Crippen molar-refractivity contribution in [1.82, 2.24) is 14.8 Å². The van der Waals surface area contributed by atoms with Gasteiger partial charge in [-0.1, -0.05) is 23.5 Å². The van der Waals surface area contributed by atoms with Crippen LogP contribution in [0.15, 0.2) is 35.1 Å². The molecule has 0 fully saturated rings. The number of aryl methyl sites for hydroxylation is 1. The van der Waals surface area contributed by atoms with Gasteiger partial charge in [0.15, 0.2) is 16.6 Å². The maximum atomic E-state index is 12.7. The predicted molar refractivity (Wildman–Crippen MR) is 109 cm³/mol. The van der Waals surface area contributed by atoms with Crippen molar-refractivity contribution in [2.45, 2.75) is 13.8 Å². The number of anilines is 1. The smallest absolute Gasteiger partial charge is 0.350 e. The molecule has 0 saturated carbocycles. The fraction of sp³-hybridized carbons (Fsp3) is 0.211. The molecule has 0 unspecified atom stereocenters. The first-order valence-corrected chi connectivity index (χ1v) is 9.60. The highest BCUT2D eigenvalue weighted by Gasteiger charge is 2.22. The zero-order valence-corrected chi connectivity index (χ0v) is 17.1. The number of nitrogens with zero attached hydrogens (tertiary/aromatic N) is 3. The number of aromatic nitrogens is 3. The summed E-state index contributed by atoms with van der Waals surface area (Å²) in [5.41, 5.74) is -0.354. The molecular weight excluding hydrogens is 412 g/mol. The lowest BCUT2D eigenvalue weighted by Gasteiger charge is -2.11. The molecule has 11 heteroatoms. The van der Waals surface area contributed by atoms with Crippen LogP contribution in [0, 0.1) is 6.92 Å². The van der Waals surface area contributed by atoms with E-state index in [-0.39, 0.29) is 16.6 Å². The van der Waals surface area contributed by atoms with E-state index < -0.39 is 28.9 Å². The van der Waals surface area contributed by atoms with Gasteiger partial charge in [-0.2, -0.15) is 9.78 Å². The number of ether oxygens (including phenoxy) is 2. The number of rotatable bonds is 6. The Bertz CT molecular complexity index is 1170. The second kappa shape index (κ2) is 8.74. The van der Waals surface area contributed by atoms with Crippen LogP contribution in [0.1, 0.15) is 32.8 Å². The predicted octanol–water partition coefficient (Wildman–Crippen LogP) is 2.14. The largest absolute Gasteiger partial charge is 0.505 e. The van der Waals surface area contributed by atoms with Gasteiger partial charge in [-0.25, -0.2) is 9.78 Å². The standard InChI is InChI=1S/C19H18N4O6S/c1-4-29-18(27)16-10(2)20-19(30-16)21-17(26)15-12(24)9-14(25)23(22-15)11-7-5-6-8-13(11)28-3/h5-9,24H,4H2,1-3H3,(H,20,21,26). The minimum Gasteiger partial charge on any atom is -0.505 e. The molecule has 1 aromatic carbocycles. The monoisotopic (exact) mass is 430 g/mol. The van der Waals surface area contributed by atoms with Crippen LogP contribution in [-0.4, -0.2) is 45.5 Å². The third-order valence-electron chi connectivity index (χ3n) is 3.92. The highest BCUT2D eigenvalue weighted by atomic mass is 32.1. The average Bonchev–Trinajstić information content (AvgIpc) is 3.08. The average molecular weight is 430 g/mol. The van der Waals surface area contributed by atoms with E-state index in [2.05, 4.69) is 15.4 Å². The van der Waals surface area contributed by atoms with Crippen LogP contribution >= 0.6 is 11.3 Å².